The lowest BCUT2D eigenvalue weighted by atomic mass is 10.1. The Hall–Kier alpha value is -2.65. The highest BCUT2D eigenvalue weighted by Crippen LogP contribution is 2.40. The molecule has 0 atom stereocenters. The molecule has 2 aromatic carbocycles. The summed E-state index contributed by atoms with van der Waals surface area (Å²) in [6.45, 7) is 11.5. The summed E-state index contributed by atoms with van der Waals surface area (Å²) in [4.78, 5) is 4.81. The summed E-state index contributed by atoms with van der Waals surface area (Å²) in [6, 6.07) is 12.1. The highest BCUT2D eigenvalue weighted by atomic mass is 16.5. The lowest BCUT2D eigenvalue weighted by molar-refractivity contribution is 0.191. The Labute approximate surface area is 195 Å². The van der Waals surface area contributed by atoms with Crippen molar-refractivity contribution in [2.75, 3.05) is 78.7 Å². The fourth-order valence-electron chi connectivity index (χ4n) is 4.80. The van der Waals surface area contributed by atoms with Crippen molar-refractivity contribution in [2.24, 2.45) is 5.16 Å². The lowest BCUT2D eigenvalue weighted by Gasteiger charge is -2.26. The monoisotopic (exact) mass is 451 g/mol. The largest absolute Gasteiger partial charge is 0.492 e. The Morgan fingerprint density at radius 3 is 1.58 bits per heavy atom. The van der Waals surface area contributed by atoms with E-state index in [0.717, 1.165) is 99.2 Å². The number of rotatable bonds is 8. The van der Waals surface area contributed by atoms with Gasteiger partial charge in [-0.15, -0.1) is 0 Å². The number of hydrogen-bond donors (Lipinski definition) is 3. The standard InChI is InChI=1S/C25H33N5O3/c31-28-25-23-17-19(32-15-13-29-9-5-26-6-10-29)1-3-21(23)22-4-2-20(18-24(22)25)33-16-14-30-11-7-27-8-12-30/h1-4,17-18,26-27,31H,5-16H2. The van der Waals surface area contributed by atoms with E-state index in [4.69, 9.17) is 9.47 Å². The molecule has 5 rings (SSSR count). The molecule has 0 spiro atoms. The zero-order valence-corrected chi connectivity index (χ0v) is 19.1. The van der Waals surface area contributed by atoms with Crippen molar-refractivity contribution in [3.05, 3.63) is 47.5 Å². The van der Waals surface area contributed by atoms with Gasteiger partial charge in [0, 0.05) is 76.6 Å². The summed E-state index contributed by atoms with van der Waals surface area (Å²) < 4.78 is 12.1. The van der Waals surface area contributed by atoms with Gasteiger partial charge in [0.15, 0.2) is 0 Å². The zero-order chi connectivity index (χ0) is 22.5. The van der Waals surface area contributed by atoms with Crippen molar-refractivity contribution < 1.29 is 14.7 Å². The Morgan fingerprint density at radius 1 is 0.697 bits per heavy atom. The maximum Gasteiger partial charge on any atom is 0.120 e. The van der Waals surface area contributed by atoms with E-state index in [1.807, 2.05) is 24.3 Å². The molecular formula is C25H33N5O3. The van der Waals surface area contributed by atoms with Crippen molar-refractivity contribution >= 4 is 5.71 Å². The van der Waals surface area contributed by atoms with Crippen LogP contribution in [0.15, 0.2) is 41.6 Å². The smallest absolute Gasteiger partial charge is 0.120 e. The van der Waals surface area contributed by atoms with Gasteiger partial charge in [0.25, 0.3) is 0 Å². The third-order valence-corrected chi connectivity index (χ3v) is 6.65. The molecule has 2 heterocycles. The first-order valence-electron chi connectivity index (χ1n) is 11.9. The van der Waals surface area contributed by atoms with Gasteiger partial charge < -0.3 is 25.3 Å². The molecule has 0 radical (unpaired) electrons. The van der Waals surface area contributed by atoms with Gasteiger partial charge in [-0.3, -0.25) is 9.80 Å². The molecule has 1 aliphatic carbocycles. The second-order valence-corrected chi connectivity index (χ2v) is 8.74. The van der Waals surface area contributed by atoms with Crippen molar-refractivity contribution in [3.63, 3.8) is 0 Å². The van der Waals surface area contributed by atoms with Crippen LogP contribution in [0.5, 0.6) is 11.5 Å². The fourth-order valence-corrected chi connectivity index (χ4v) is 4.80. The van der Waals surface area contributed by atoms with Crippen molar-refractivity contribution in [2.45, 2.75) is 0 Å². The average Bonchev–Trinajstić information content (AvgIpc) is 3.17. The van der Waals surface area contributed by atoms with Gasteiger partial charge in [-0.05, 0) is 47.5 Å². The molecule has 0 aromatic heterocycles. The highest BCUT2D eigenvalue weighted by Gasteiger charge is 2.27. The molecule has 0 bridgehead atoms. The van der Waals surface area contributed by atoms with Crippen LogP contribution in [0.4, 0.5) is 0 Å². The lowest BCUT2D eigenvalue weighted by Crippen LogP contribution is -2.44. The number of nitrogens with zero attached hydrogens (tertiary/aromatic N) is 3. The van der Waals surface area contributed by atoms with Crippen molar-refractivity contribution in [1.29, 1.82) is 0 Å². The molecule has 0 saturated carbocycles. The molecule has 176 valence electrons. The second-order valence-electron chi connectivity index (χ2n) is 8.74. The van der Waals surface area contributed by atoms with E-state index in [1.54, 1.807) is 0 Å². The number of benzene rings is 2. The number of fused-ring (bicyclic) bond motifs is 3. The Bertz CT molecular complexity index is 909. The fraction of sp³-hybridized carbons (Fsp3) is 0.480. The number of ether oxygens (including phenoxy) is 2. The predicted molar refractivity (Wildman–Crippen MR) is 129 cm³/mol. The van der Waals surface area contributed by atoms with Gasteiger partial charge in [-0.1, -0.05) is 5.16 Å². The molecule has 2 fully saturated rings. The quantitative estimate of drug-likeness (QED) is 0.353. The van der Waals surface area contributed by atoms with Crippen LogP contribution >= 0.6 is 0 Å². The van der Waals surface area contributed by atoms with Gasteiger partial charge in [-0.2, -0.15) is 0 Å². The van der Waals surface area contributed by atoms with Gasteiger partial charge in [0.05, 0.1) is 0 Å². The van der Waals surface area contributed by atoms with E-state index in [2.05, 4.69) is 37.7 Å². The summed E-state index contributed by atoms with van der Waals surface area (Å²) in [7, 11) is 0. The van der Waals surface area contributed by atoms with Crippen LogP contribution in [-0.4, -0.2) is 99.4 Å². The van der Waals surface area contributed by atoms with Crippen molar-refractivity contribution in [3.8, 4) is 22.6 Å². The van der Waals surface area contributed by atoms with Crippen LogP contribution in [0.2, 0.25) is 0 Å². The van der Waals surface area contributed by atoms with Gasteiger partial charge in [-0.25, -0.2) is 0 Å². The Kier molecular flexibility index (Phi) is 7.06. The van der Waals surface area contributed by atoms with Crippen LogP contribution in [0.1, 0.15) is 11.1 Å². The third kappa shape index (κ3) is 5.14. The van der Waals surface area contributed by atoms with E-state index >= 15 is 0 Å². The van der Waals surface area contributed by atoms with Gasteiger partial charge in [0.2, 0.25) is 0 Å². The molecule has 8 heteroatoms. The molecule has 2 saturated heterocycles. The van der Waals surface area contributed by atoms with Crippen LogP contribution in [0, 0.1) is 0 Å². The number of oxime groups is 1. The number of hydrogen-bond acceptors (Lipinski definition) is 8. The molecule has 3 N–H and O–H groups in total. The first-order chi connectivity index (χ1) is 16.3. The first-order valence-corrected chi connectivity index (χ1v) is 11.9. The predicted octanol–water partition coefficient (Wildman–Crippen LogP) is 1.46. The molecule has 0 unspecified atom stereocenters. The summed E-state index contributed by atoms with van der Waals surface area (Å²) >= 11 is 0. The number of nitrogens with one attached hydrogen (secondary N) is 2. The third-order valence-electron chi connectivity index (χ3n) is 6.65. The normalized spacial score (nSPS) is 18.6. The topological polar surface area (TPSA) is 81.6 Å². The molecule has 3 aliphatic rings. The minimum absolute atomic E-state index is 0.570. The van der Waals surface area contributed by atoms with Crippen LogP contribution in [0.3, 0.4) is 0 Å². The van der Waals surface area contributed by atoms with Gasteiger partial charge in [0.1, 0.15) is 30.4 Å². The van der Waals surface area contributed by atoms with Crippen LogP contribution < -0.4 is 20.1 Å². The summed E-state index contributed by atoms with van der Waals surface area (Å²) in [5.74, 6) is 1.59. The van der Waals surface area contributed by atoms with Gasteiger partial charge >= 0.3 is 0 Å². The molecule has 2 aliphatic heterocycles. The summed E-state index contributed by atoms with van der Waals surface area (Å²) in [5.41, 5.74) is 4.47. The Morgan fingerprint density at radius 2 is 1.15 bits per heavy atom. The SMILES string of the molecule is ON=C1c2cc(OCCN3CCNCC3)ccc2-c2ccc(OCCN3CCNCC3)cc21. The molecule has 2 aromatic rings. The maximum absolute atomic E-state index is 9.82. The molecular weight excluding hydrogens is 418 g/mol. The van der Waals surface area contributed by atoms with E-state index in [1.165, 1.54) is 0 Å². The van der Waals surface area contributed by atoms with E-state index in [0.29, 0.717) is 18.9 Å². The molecule has 33 heavy (non-hydrogen) atoms. The Balaban J connectivity index is 1.22. The average molecular weight is 452 g/mol. The first kappa shape index (κ1) is 22.2. The van der Waals surface area contributed by atoms with E-state index < -0.39 is 0 Å². The van der Waals surface area contributed by atoms with Crippen molar-refractivity contribution in [1.82, 2.24) is 20.4 Å². The van der Waals surface area contributed by atoms with Crippen LogP contribution in [-0.2, 0) is 0 Å². The maximum atomic E-state index is 9.82. The zero-order valence-electron chi connectivity index (χ0n) is 19.1. The summed E-state index contributed by atoms with van der Waals surface area (Å²) in [6.07, 6.45) is 0. The number of piperazine rings is 2. The highest BCUT2D eigenvalue weighted by molar-refractivity contribution is 6.24. The molecule has 0 amide bonds. The van der Waals surface area contributed by atoms with Crippen LogP contribution in [0.25, 0.3) is 11.1 Å². The minimum Gasteiger partial charge on any atom is -0.492 e. The minimum atomic E-state index is 0.570. The van der Waals surface area contributed by atoms with E-state index in [9.17, 15) is 5.21 Å². The van der Waals surface area contributed by atoms with E-state index in [-0.39, 0.29) is 0 Å². The second kappa shape index (κ2) is 10.5. The molecule has 8 nitrogen and oxygen atoms in total. The summed E-state index contributed by atoms with van der Waals surface area (Å²) in [5, 5.41) is 20.2.